The molecule has 10 heavy (non-hydrogen) atoms. The average molecular weight is 141 g/mol. The molecule has 1 heterocycles. The van der Waals surface area contributed by atoms with Crippen molar-refractivity contribution in [1.82, 2.24) is 0 Å². The van der Waals surface area contributed by atoms with Crippen LogP contribution in [-0.4, -0.2) is 18.1 Å². The molecule has 2 aliphatic rings. The summed E-state index contributed by atoms with van der Waals surface area (Å²) in [6.07, 6.45) is 3.62. The second-order valence-electron chi connectivity index (χ2n) is 3.15. The van der Waals surface area contributed by atoms with Crippen molar-refractivity contribution in [2.24, 2.45) is 11.7 Å². The van der Waals surface area contributed by atoms with Crippen molar-refractivity contribution in [1.29, 1.82) is 0 Å². The van der Waals surface area contributed by atoms with E-state index in [4.69, 9.17) is 10.5 Å². The first kappa shape index (κ1) is 6.16. The van der Waals surface area contributed by atoms with Crippen LogP contribution >= 0.6 is 0 Å². The highest BCUT2D eigenvalue weighted by Gasteiger charge is 2.50. The standard InChI is InChI=1S/C7H11NO2/c8-6(9)3-4-1-2-5-7(4)10-5/h4-5,7H,1-3H2,(H2,8,9). The van der Waals surface area contributed by atoms with E-state index in [9.17, 15) is 4.79 Å². The lowest BCUT2D eigenvalue weighted by Crippen LogP contribution is -2.17. The fraction of sp³-hybridized carbons (Fsp3) is 0.857. The van der Waals surface area contributed by atoms with Gasteiger partial charge in [-0.15, -0.1) is 0 Å². The van der Waals surface area contributed by atoms with Crippen LogP contribution in [0.4, 0.5) is 0 Å². The molecule has 1 aliphatic carbocycles. The Morgan fingerprint density at radius 2 is 2.40 bits per heavy atom. The zero-order valence-electron chi connectivity index (χ0n) is 5.75. The summed E-state index contributed by atoms with van der Waals surface area (Å²) in [7, 11) is 0. The molecule has 0 aromatic rings. The van der Waals surface area contributed by atoms with E-state index in [0.717, 1.165) is 12.8 Å². The fourth-order valence-electron chi connectivity index (χ4n) is 1.82. The highest BCUT2D eigenvalue weighted by atomic mass is 16.6. The summed E-state index contributed by atoms with van der Waals surface area (Å²) in [6.45, 7) is 0. The van der Waals surface area contributed by atoms with Crippen LogP contribution in [0.2, 0.25) is 0 Å². The van der Waals surface area contributed by atoms with E-state index in [0.29, 0.717) is 24.5 Å². The number of nitrogens with two attached hydrogens (primary N) is 1. The van der Waals surface area contributed by atoms with Crippen LogP contribution in [0.5, 0.6) is 0 Å². The molecular weight excluding hydrogens is 130 g/mol. The van der Waals surface area contributed by atoms with Gasteiger partial charge in [-0.1, -0.05) is 0 Å². The predicted molar refractivity (Wildman–Crippen MR) is 35.2 cm³/mol. The summed E-state index contributed by atoms with van der Waals surface area (Å²) in [5.74, 6) is 0.239. The molecular formula is C7H11NO2. The number of rotatable bonds is 2. The van der Waals surface area contributed by atoms with E-state index in [1.54, 1.807) is 0 Å². The molecule has 2 fully saturated rings. The molecule has 1 amide bonds. The molecule has 3 nitrogen and oxygen atoms in total. The number of hydrogen-bond donors (Lipinski definition) is 1. The molecule has 1 aliphatic heterocycles. The molecule has 1 saturated carbocycles. The Morgan fingerprint density at radius 1 is 1.60 bits per heavy atom. The van der Waals surface area contributed by atoms with Crippen molar-refractivity contribution in [3.05, 3.63) is 0 Å². The van der Waals surface area contributed by atoms with Gasteiger partial charge in [0.25, 0.3) is 0 Å². The molecule has 2 N–H and O–H groups in total. The van der Waals surface area contributed by atoms with Crippen LogP contribution in [0.1, 0.15) is 19.3 Å². The largest absolute Gasteiger partial charge is 0.370 e. The van der Waals surface area contributed by atoms with Gasteiger partial charge in [0.05, 0.1) is 12.2 Å². The van der Waals surface area contributed by atoms with E-state index < -0.39 is 0 Å². The summed E-state index contributed by atoms with van der Waals surface area (Å²) in [5, 5.41) is 0. The van der Waals surface area contributed by atoms with Crippen LogP contribution in [0.25, 0.3) is 0 Å². The molecule has 56 valence electrons. The molecule has 0 spiro atoms. The number of hydrogen-bond acceptors (Lipinski definition) is 2. The third-order valence-electron chi connectivity index (χ3n) is 2.37. The summed E-state index contributed by atoms with van der Waals surface area (Å²) in [6, 6.07) is 0. The number of amides is 1. The highest BCUT2D eigenvalue weighted by molar-refractivity contribution is 5.74. The first-order valence-corrected chi connectivity index (χ1v) is 3.71. The Labute approximate surface area is 59.5 Å². The fourth-order valence-corrected chi connectivity index (χ4v) is 1.82. The molecule has 3 atom stereocenters. The molecule has 1 saturated heterocycles. The van der Waals surface area contributed by atoms with Gasteiger partial charge >= 0.3 is 0 Å². The van der Waals surface area contributed by atoms with Crippen molar-refractivity contribution < 1.29 is 9.53 Å². The SMILES string of the molecule is NC(=O)CC1CCC2OC12. The third kappa shape index (κ3) is 0.904. The monoisotopic (exact) mass is 141 g/mol. The van der Waals surface area contributed by atoms with Gasteiger partial charge in [0, 0.05) is 6.42 Å². The van der Waals surface area contributed by atoms with Gasteiger partial charge in [-0.25, -0.2) is 0 Å². The predicted octanol–water partition coefficient (Wildman–Crippen LogP) is 0.0392. The summed E-state index contributed by atoms with van der Waals surface area (Å²) < 4.78 is 5.26. The molecule has 3 unspecified atom stereocenters. The average Bonchev–Trinajstić information content (AvgIpc) is 2.52. The quantitative estimate of drug-likeness (QED) is 0.552. The molecule has 0 radical (unpaired) electrons. The van der Waals surface area contributed by atoms with Crippen LogP contribution in [0.3, 0.4) is 0 Å². The van der Waals surface area contributed by atoms with Gasteiger partial charge in [-0.05, 0) is 18.8 Å². The Kier molecular flexibility index (Phi) is 1.20. The minimum Gasteiger partial charge on any atom is -0.370 e. The van der Waals surface area contributed by atoms with E-state index in [1.165, 1.54) is 0 Å². The maximum Gasteiger partial charge on any atom is 0.217 e. The smallest absolute Gasteiger partial charge is 0.217 e. The highest BCUT2D eigenvalue weighted by Crippen LogP contribution is 2.44. The van der Waals surface area contributed by atoms with Gasteiger partial charge in [0.2, 0.25) is 5.91 Å². The molecule has 0 aromatic carbocycles. The molecule has 2 rings (SSSR count). The van der Waals surface area contributed by atoms with Gasteiger partial charge in [0.15, 0.2) is 0 Å². The summed E-state index contributed by atoms with van der Waals surface area (Å²) in [4.78, 5) is 10.5. The van der Waals surface area contributed by atoms with Gasteiger partial charge in [0.1, 0.15) is 0 Å². The lowest BCUT2D eigenvalue weighted by molar-refractivity contribution is -0.119. The van der Waals surface area contributed by atoms with Gasteiger partial charge in [-0.2, -0.15) is 0 Å². The van der Waals surface area contributed by atoms with Crippen LogP contribution < -0.4 is 5.73 Å². The van der Waals surface area contributed by atoms with Crippen molar-refractivity contribution in [2.45, 2.75) is 31.5 Å². The Morgan fingerprint density at radius 3 is 2.80 bits per heavy atom. The van der Waals surface area contributed by atoms with Crippen molar-refractivity contribution in [3.8, 4) is 0 Å². The number of epoxide rings is 1. The van der Waals surface area contributed by atoms with Crippen molar-refractivity contribution in [2.75, 3.05) is 0 Å². The van der Waals surface area contributed by atoms with Crippen LogP contribution in [0.15, 0.2) is 0 Å². The maximum absolute atomic E-state index is 10.5. The normalized spacial score (nSPS) is 43.0. The van der Waals surface area contributed by atoms with Crippen molar-refractivity contribution >= 4 is 5.91 Å². The Hall–Kier alpha value is -0.570. The first-order chi connectivity index (χ1) is 4.77. The first-order valence-electron chi connectivity index (χ1n) is 3.71. The van der Waals surface area contributed by atoms with E-state index in [-0.39, 0.29) is 5.91 Å². The zero-order chi connectivity index (χ0) is 7.14. The second-order valence-corrected chi connectivity index (χ2v) is 3.15. The molecule has 0 aromatic heterocycles. The topological polar surface area (TPSA) is 55.6 Å². The maximum atomic E-state index is 10.5. The lowest BCUT2D eigenvalue weighted by Gasteiger charge is -2.05. The molecule has 3 heteroatoms. The lowest BCUT2D eigenvalue weighted by atomic mass is 10.0. The van der Waals surface area contributed by atoms with Crippen LogP contribution in [-0.2, 0) is 9.53 Å². The zero-order valence-corrected chi connectivity index (χ0v) is 5.75. The van der Waals surface area contributed by atoms with E-state index in [1.807, 2.05) is 0 Å². The van der Waals surface area contributed by atoms with E-state index in [2.05, 4.69) is 0 Å². The van der Waals surface area contributed by atoms with Gasteiger partial charge < -0.3 is 10.5 Å². The third-order valence-corrected chi connectivity index (χ3v) is 2.37. The number of primary amides is 1. The van der Waals surface area contributed by atoms with E-state index >= 15 is 0 Å². The summed E-state index contributed by atoms with van der Waals surface area (Å²) in [5.41, 5.74) is 5.06. The Balaban J connectivity index is 1.88. The van der Waals surface area contributed by atoms with Crippen LogP contribution in [0, 0.1) is 5.92 Å². The Bertz CT molecular complexity index is 169. The number of ether oxygens (including phenoxy) is 1. The number of fused-ring (bicyclic) bond motifs is 1. The number of carbonyl (C=O) groups is 1. The minimum atomic E-state index is -0.193. The van der Waals surface area contributed by atoms with Crippen molar-refractivity contribution in [3.63, 3.8) is 0 Å². The second kappa shape index (κ2) is 1.95. The number of carbonyl (C=O) groups excluding carboxylic acids is 1. The molecule has 0 bridgehead atoms. The van der Waals surface area contributed by atoms with Gasteiger partial charge in [-0.3, -0.25) is 4.79 Å². The minimum absolute atomic E-state index is 0.193. The summed E-state index contributed by atoms with van der Waals surface area (Å²) >= 11 is 0.